The summed E-state index contributed by atoms with van der Waals surface area (Å²) < 4.78 is 6.06. The summed E-state index contributed by atoms with van der Waals surface area (Å²) in [5, 5.41) is 3.09. The lowest BCUT2D eigenvalue weighted by molar-refractivity contribution is -0.143. The van der Waals surface area contributed by atoms with Crippen LogP contribution in [0.25, 0.3) is 0 Å². The first kappa shape index (κ1) is 28.0. The fraction of sp³-hybridized carbons (Fsp3) is 0.375. The van der Waals surface area contributed by atoms with Gasteiger partial charge in [-0.3, -0.25) is 9.59 Å². The molecule has 0 unspecified atom stereocenters. The summed E-state index contributed by atoms with van der Waals surface area (Å²) in [4.78, 5) is 29.1. The highest BCUT2D eigenvalue weighted by Gasteiger charge is 2.32. The van der Waals surface area contributed by atoms with Gasteiger partial charge in [0.1, 0.15) is 11.8 Å². The van der Waals surface area contributed by atoms with Crippen molar-refractivity contribution in [2.24, 2.45) is 0 Å². The number of benzene rings is 3. The molecule has 0 bridgehead atoms. The molecule has 0 saturated heterocycles. The molecule has 37 heavy (non-hydrogen) atoms. The van der Waals surface area contributed by atoms with E-state index in [4.69, 9.17) is 4.74 Å². The molecule has 0 fully saturated rings. The molecular formula is C32H40N2O3. The van der Waals surface area contributed by atoms with Crippen LogP contribution in [0.2, 0.25) is 0 Å². The molecule has 0 aromatic heterocycles. The molecule has 3 aromatic rings. The molecule has 196 valence electrons. The van der Waals surface area contributed by atoms with Crippen LogP contribution in [0.4, 0.5) is 0 Å². The number of hydrogen-bond acceptors (Lipinski definition) is 3. The number of amides is 2. The van der Waals surface area contributed by atoms with Crippen LogP contribution in [0.15, 0.2) is 66.7 Å². The molecule has 2 amide bonds. The maximum atomic E-state index is 13.8. The predicted octanol–water partition coefficient (Wildman–Crippen LogP) is 5.85. The molecule has 5 heteroatoms. The van der Waals surface area contributed by atoms with Gasteiger partial charge >= 0.3 is 0 Å². The Morgan fingerprint density at radius 1 is 0.865 bits per heavy atom. The highest BCUT2D eigenvalue weighted by atomic mass is 16.5. The van der Waals surface area contributed by atoms with Gasteiger partial charge in [-0.15, -0.1) is 0 Å². The summed E-state index contributed by atoms with van der Waals surface area (Å²) in [7, 11) is 0. The Morgan fingerprint density at radius 2 is 1.51 bits per heavy atom. The molecule has 0 aliphatic carbocycles. The average Bonchev–Trinajstić information content (AvgIpc) is 2.83. The number of nitrogens with zero attached hydrogens (tertiary/aromatic N) is 1. The van der Waals surface area contributed by atoms with Gasteiger partial charge in [0.25, 0.3) is 5.91 Å². The van der Waals surface area contributed by atoms with Crippen LogP contribution in [-0.2, 0) is 22.6 Å². The Balaban J connectivity index is 1.95. The SMILES string of the molecule is Cc1ccc(CN(C(=O)COc2cc(C)cc(C)c2C)[C@@H](Cc2ccccc2)C(=O)NC(C)(C)C)cc1. The van der Waals surface area contributed by atoms with E-state index in [1.807, 2.05) is 109 Å². The van der Waals surface area contributed by atoms with E-state index in [1.165, 1.54) is 0 Å². The smallest absolute Gasteiger partial charge is 0.261 e. The lowest BCUT2D eigenvalue weighted by Gasteiger charge is -2.34. The highest BCUT2D eigenvalue weighted by Crippen LogP contribution is 2.24. The van der Waals surface area contributed by atoms with Gasteiger partial charge in [0, 0.05) is 18.5 Å². The van der Waals surface area contributed by atoms with Crippen molar-refractivity contribution in [1.82, 2.24) is 10.2 Å². The lowest BCUT2D eigenvalue weighted by Crippen LogP contribution is -2.55. The first-order chi connectivity index (χ1) is 17.4. The number of ether oxygens (including phenoxy) is 1. The van der Waals surface area contributed by atoms with Crippen LogP contribution in [0, 0.1) is 27.7 Å². The molecular weight excluding hydrogens is 460 g/mol. The van der Waals surface area contributed by atoms with E-state index in [0.29, 0.717) is 18.7 Å². The fourth-order valence-corrected chi connectivity index (χ4v) is 4.27. The van der Waals surface area contributed by atoms with Gasteiger partial charge in [-0.25, -0.2) is 0 Å². The van der Waals surface area contributed by atoms with E-state index in [2.05, 4.69) is 11.4 Å². The molecule has 0 aliphatic heterocycles. The molecule has 0 heterocycles. The zero-order valence-corrected chi connectivity index (χ0v) is 23.2. The van der Waals surface area contributed by atoms with Gasteiger partial charge in [0.05, 0.1) is 0 Å². The summed E-state index contributed by atoms with van der Waals surface area (Å²) in [6.07, 6.45) is 0.406. The van der Waals surface area contributed by atoms with E-state index in [0.717, 1.165) is 33.4 Å². The molecule has 1 N–H and O–H groups in total. The molecule has 5 nitrogen and oxygen atoms in total. The molecule has 3 rings (SSSR count). The van der Waals surface area contributed by atoms with E-state index < -0.39 is 11.6 Å². The second-order valence-electron chi connectivity index (χ2n) is 10.9. The molecule has 3 aromatic carbocycles. The Kier molecular flexibility index (Phi) is 9.14. The number of carbonyl (C=O) groups excluding carboxylic acids is 2. The predicted molar refractivity (Wildman–Crippen MR) is 150 cm³/mol. The van der Waals surface area contributed by atoms with Gasteiger partial charge in [-0.1, -0.05) is 66.2 Å². The highest BCUT2D eigenvalue weighted by molar-refractivity contribution is 5.89. The van der Waals surface area contributed by atoms with E-state index in [-0.39, 0.29) is 18.4 Å². The van der Waals surface area contributed by atoms with Crippen LogP contribution in [-0.4, -0.2) is 34.9 Å². The summed E-state index contributed by atoms with van der Waals surface area (Å²) in [6.45, 7) is 14.1. The maximum Gasteiger partial charge on any atom is 0.261 e. The minimum Gasteiger partial charge on any atom is -0.483 e. The van der Waals surface area contributed by atoms with Gasteiger partial charge in [-0.2, -0.15) is 0 Å². The van der Waals surface area contributed by atoms with Gasteiger partial charge < -0.3 is 15.0 Å². The van der Waals surface area contributed by atoms with Crippen molar-refractivity contribution in [2.75, 3.05) is 6.61 Å². The molecule has 0 radical (unpaired) electrons. The van der Waals surface area contributed by atoms with Crippen LogP contribution < -0.4 is 10.1 Å². The van der Waals surface area contributed by atoms with Crippen LogP contribution in [0.1, 0.15) is 54.2 Å². The Bertz CT molecular complexity index is 1210. The van der Waals surface area contributed by atoms with Crippen LogP contribution >= 0.6 is 0 Å². The molecule has 0 spiro atoms. The van der Waals surface area contributed by atoms with Crippen molar-refractivity contribution < 1.29 is 14.3 Å². The minimum absolute atomic E-state index is 0.149. The zero-order valence-electron chi connectivity index (χ0n) is 23.2. The van der Waals surface area contributed by atoms with Gasteiger partial charge in [-0.05, 0) is 82.3 Å². The average molecular weight is 501 g/mol. The number of hydrogen-bond donors (Lipinski definition) is 1. The minimum atomic E-state index is -0.695. The Morgan fingerprint density at radius 3 is 2.14 bits per heavy atom. The topological polar surface area (TPSA) is 58.6 Å². The lowest BCUT2D eigenvalue weighted by atomic mass is 10.0. The third-order valence-electron chi connectivity index (χ3n) is 6.36. The fourth-order valence-electron chi connectivity index (χ4n) is 4.27. The summed E-state index contributed by atoms with van der Waals surface area (Å²) >= 11 is 0. The zero-order chi connectivity index (χ0) is 27.2. The van der Waals surface area contributed by atoms with Gasteiger partial charge in [0.15, 0.2) is 6.61 Å². The number of aryl methyl sites for hydroxylation is 3. The first-order valence-electron chi connectivity index (χ1n) is 12.8. The van der Waals surface area contributed by atoms with Crippen molar-refractivity contribution in [3.05, 3.63) is 100 Å². The Hall–Kier alpha value is -3.60. The van der Waals surface area contributed by atoms with E-state index >= 15 is 0 Å². The largest absolute Gasteiger partial charge is 0.483 e. The van der Waals surface area contributed by atoms with Gasteiger partial charge in [0.2, 0.25) is 5.91 Å². The third kappa shape index (κ3) is 8.21. The van der Waals surface area contributed by atoms with Crippen molar-refractivity contribution in [3.8, 4) is 5.75 Å². The van der Waals surface area contributed by atoms with Crippen molar-refractivity contribution in [3.63, 3.8) is 0 Å². The monoisotopic (exact) mass is 500 g/mol. The molecule has 0 aliphatic rings. The maximum absolute atomic E-state index is 13.8. The summed E-state index contributed by atoms with van der Waals surface area (Å²) in [5.74, 6) is 0.281. The standard InChI is InChI=1S/C32H40N2O3/c1-22-13-15-27(16-14-22)20-34(30(35)21-37-29-18-23(2)17-24(3)25(29)4)28(31(36)33-32(5,6)7)19-26-11-9-8-10-12-26/h8-18,28H,19-21H2,1-7H3,(H,33,36)/t28-/m0/s1. The van der Waals surface area contributed by atoms with Crippen molar-refractivity contribution >= 4 is 11.8 Å². The number of carbonyl (C=O) groups is 2. The third-order valence-corrected chi connectivity index (χ3v) is 6.36. The molecule has 0 saturated carbocycles. The van der Waals surface area contributed by atoms with E-state index in [1.54, 1.807) is 4.90 Å². The van der Waals surface area contributed by atoms with Crippen molar-refractivity contribution in [1.29, 1.82) is 0 Å². The number of nitrogens with one attached hydrogen (secondary N) is 1. The second-order valence-corrected chi connectivity index (χ2v) is 10.9. The first-order valence-corrected chi connectivity index (χ1v) is 12.8. The van der Waals surface area contributed by atoms with Crippen LogP contribution in [0.5, 0.6) is 5.75 Å². The summed E-state index contributed by atoms with van der Waals surface area (Å²) in [6, 6.07) is 21.2. The summed E-state index contributed by atoms with van der Waals surface area (Å²) in [5.41, 5.74) is 5.86. The number of rotatable bonds is 9. The molecule has 1 atom stereocenters. The van der Waals surface area contributed by atoms with Crippen LogP contribution in [0.3, 0.4) is 0 Å². The Labute approximate surface area is 221 Å². The normalized spacial score (nSPS) is 12.1. The van der Waals surface area contributed by atoms with Crippen molar-refractivity contribution in [2.45, 2.75) is 73.0 Å². The van der Waals surface area contributed by atoms with E-state index in [9.17, 15) is 9.59 Å². The second kappa shape index (κ2) is 12.1. The quantitative estimate of drug-likeness (QED) is 0.401.